The van der Waals surface area contributed by atoms with Crippen molar-refractivity contribution in [2.75, 3.05) is 0 Å². The van der Waals surface area contributed by atoms with Crippen LogP contribution in [0.15, 0.2) is 52.0 Å². The second kappa shape index (κ2) is 6.40. The fourth-order valence-electron chi connectivity index (χ4n) is 5.08. The second-order valence-electron chi connectivity index (χ2n) is 8.13. The number of nitrogens with zero attached hydrogens (tertiary/aromatic N) is 2. The highest BCUT2D eigenvalue weighted by Crippen LogP contribution is 2.48. The molecule has 0 saturated heterocycles. The van der Waals surface area contributed by atoms with Gasteiger partial charge in [-0.05, 0) is 63.3 Å². The van der Waals surface area contributed by atoms with Crippen molar-refractivity contribution in [3.8, 4) is 0 Å². The Balaban J connectivity index is 1.69. The minimum atomic E-state index is 0.0132. The summed E-state index contributed by atoms with van der Waals surface area (Å²) in [5, 5.41) is 1.25. The summed E-state index contributed by atoms with van der Waals surface area (Å²) in [6.07, 6.45) is 4.20. The van der Waals surface area contributed by atoms with Crippen molar-refractivity contribution >= 4 is 16.8 Å². The van der Waals surface area contributed by atoms with Gasteiger partial charge in [-0.1, -0.05) is 18.2 Å². The van der Waals surface area contributed by atoms with E-state index >= 15 is 0 Å². The fraction of sp³-hybridized carbons (Fsp3) is 0.375. The number of aromatic nitrogens is 1. The molecule has 3 heterocycles. The molecule has 1 unspecified atom stereocenters. The molecule has 144 valence electrons. The number of benzene rings is 1. The maximum absolute atomic E-state index is 13.4. The molecule has 4 nitrogen and oxygen atoms in total. The summed E-state index contributed by atoms with van der Waals surface area (Å²) < 4.78 is 8.09. The van der Waals surface area contributed by atoms with Crippen molar-refractivity contribution in [2.24, 2.45) is 7.05 Å². The van der Waals surface area contributed by atoms with Gasteiger partial charge in [0.2, 0.25) is 0 Å². The molecule has 1 aliphatic heterocycles. The summed E-state index contributed by atoms with van der Waals surface area (Å²) in [6, 6.07) is 12.5. The molecule has 0 saturated carbocycles. The smallest absolute Gasteiger partial charge is 0.251 e. The predicted molar refractivity (Wildman–Crippen MR) is 110 cm³/mol. The lowest BCUT2D eigenvalue weighted by molar-refractivity contribution is -0.128. The largest absolute Gasteiger partial charge is 0.464 e. The van der Waals surface area contributed by atoms with Gasteiger partial charge in [0.25, 0.3) is 5.91 Å². The van der Waals surface area contributed by atoms with E-state index in [4.69, 9.17) is 4.42 Å². The van der Waals surface area contributed by atoms with E-state index in [-0.39, 0.29) is 11.9 Å². The first-order valence-corrected chi connectivity index (χ1v) is 10.2. The van der Waals surface area contributed by atoms with Crippen LogP contribution in [0.3, 0.4) is 0 Å². The Hall–Kier alpha value is -2.75. The molecule has 2 aliphatic rings. The Morgan fingerprint density at radius 2 is 1.86 bits per heavy atom. The van der Waals surface area contributed by atoms with Crippen LogP contribution in [0.5, 0.6) is 0 Å². The van der Waals surface area contributed by atoms with Gasteiger partial charge in [-0.3, -0.25) is 4.79 Å². The fourth-order valence-corrected chi connectivity index (χ4v) is 5.08. The number of carbonyl (C=O) groups is 1. The number of hydrogen-bond acceptors (Lipinski definition) is 2. The van der Waals surface area contributed by atoms with E-state index in [1.807, 2.05) is 24.0 Å². The summed E-state index contributed by atoms with van der Waals surface area (Å²) in [4.78, 5) is 15.5. The molecular formula is C24H26N2O2. The molecule has 1 amide bonds. The topological polar surface area (TPSA) is 38.4 Å². The number of carbonyl (C=O) groups excluding carboxylic acids is 1. The van der Waals surface area contributed by atoms with Crippen LogP contribution < -0.4 is 0 Å². The summed E-state index contributed by atoms with van der Waals surface area (Å²) in [5.41, 5.74) is 6.12. The molecule has 5 rings (SSSR count). The SMILES string of the molecule is Cc1ccc(CN2C(=O)C3=C(CCCC3)C2c2c(C)n(C)c3ccccc23)o1. The van der Waals surface area contributed by atoms with Crippen molar-refractivity contribution in [2.45, 2.75) is 52.1 Å². The zero-order valence-electron chi connectivity index (χ0n) is 16.8. The van der Waals surface area contributed by atoms with Crippen molar-refractivity contribution in [1.82, 2.24) is 9.47 Å². The van der Waals surface area contributed by atoms with E-state index in [1.165, 1.54) is 34.2 Å². The molecule has 1 aromatic carbocycles. The maximum Gasteiger partial charge on any atom is 0.251 e. The van der Waals surface area contributed by atoms with Gasteiger partial charge in [-0.25, -0.2) is 0 Å². The van der Waals surface area contributed by atoms with Gasteiger partial charge in [0.05, 0.1) is 12.6 Å². The zero-order valence-corrected chi connectivity index (χ0v) is 16.8. The Kier molecular flexibility index (Phi) is 3.97. The lowest BCUT2D eigenvalue weighted by Crippen LogP contribution is -2.30. The zero-order chi connectivity index (χ0) is 19.4. The van der Waals surface area contributed by atoms with Crippen molar-refractivity contribution in [1.29, 1.82) is 0 Å². The molecular weight excluding hydrogens is 348 g/mol. The highest BCUT2D eigenvalue weighted by molar-refractivity contribution is 5.99. The van der Waals surface area contributed by atoms with Gasteiger partial charge in [0.1, 0.15) is 11.5 Å². The first kappa shape index (κ1) is 17.4. The minimum absolute atomic E-state index is 0.0132. The Bertz CT molecular complexity index is 1120. The van der Waals surface area contributed by atoms with Crippen LogP contribution in [0, 0.1) is 13.8 Å². The highest BCUT2D eigenvalue weighted by atomic mass is 16.3. The van der Waals surface area contributed by atoms with Gasteiger partial charge in [0, 0.05) is 34.8 Å². The van der Waals surface area contributed by atoms with Gasteiger partial charge in [-0.2, -0.15) is 0 Å². The first-order chi connectivity index (χ1) is 13.6. The third-order valence-electron chi connectivity index (χ3n) is 6.52. The van der Waals surface area contributed by atoms with Crippen molar-refractivity contribution < 1.29 is 9.21 Å². The van der Waals surface area contributed by atoms with E-state index in [9.17, 15) is 4.79 Å². The van der Waals surface area contributed by atoms with Gasteiger partial charge >= 0.3 is 0 Å². The van der Waals surface area contributed by atoms with E-state index in [0.29, 0.717) is 6.54 Å². The number of amides is 1. The van der Waals surface area contributed by atoms with E-state index in [0.717, 1.165) is 36.4 Å². The van der Waals surface area contributed by atoms with Crippen LogP contribution >= 0.6 is 0 Å². The maximum atomic E-state index is 13.4. The summed E-state index contributed by atoms with van der Waals surface area (Å²) >= 11 is 0. The number of para-hydroxylation sites is 1. The normalized spacial score (nSPS) is 19.8. The first-order valence-electron chi connectivity index (χ1n) is 10.2. The van der Waals surface area contributed by atoms with Crippen LogP contribution in [0.1, 0.15) is 54.5 Å². The number of fused-ring (bicyclic) bond motifs is 1. The van der Waals surface area contributed by atoms with E-state index in [1.54, 1.807) is 0 Å². The van der Waals surface area contributed by atoms with Crippen LogP contribution in [-0.4, -0.2) is 15.4 Å². The van der Waals surface area contributed by atoms with Crippen molar-refractivity contribution in [3.05, 3.63) is 70.3 Å². The lowest BCUT2D eigenvalue weighted by atomic mass is 9.87. The average molecular weight is 374 g/mol. The van der Waals surface area contributed by atoms with Crippen LogP contribution in [-0.2, 0) is 18.4 Å². The third-order valence-corrected chi connectivity index (χ3v) is 6.52. The van der Waals surface area contributed by atoms with Crippen LogP contribution in [0.25, 0.3) is 10.9 Å². The number of hydrogen-bond donors (Lipinski definition) is 0. The molecule has 0 radical (unpaired) electrons. The predicted octanol–water partition coefficient (Wildman–Crippen LogP) is 5.34. The average Bonchev–Trinajstić information content (AvgIpc) is 3.32. The van der Waals surface area contributed by atoms with Crippen LogP contribution in [0.4, 0.5) is 0 Å². The standard InChI is InChI=1S/C24H26N2O2/c1-15-12-13-17(28-15)14-26-23(18-8-4-5-9-19(18)24(26)27)22-16(2)25(3)21-11-7-6-10-20(21)22/h6-7,10-13,23H,4-5,8-9,14H2,1-3H3. The molecule has 1 atom stereocenters. The minimum Gasteiger partial charge on any atom is -0.464 e. The molecule has 1 aliphatic carbocycles. The van der Waals surface area contributed by atoms with Crippen molar-refractivity contribution in [3.63, 3.8) is 0 Å². The number of furan rings is 1. The molecule has 0 N–H and O–H groups in total. The molecule has 3 aromatic rings. The number of rotatable bonds is 3. The summed E-state index contributed by atoms with van der Waals surface area (Å²) in [6.45, 7) is 4.65. The lowest BCUT2D eigenvalue weighted by Gasteiger charge is -2.28. The molecule has 0 bridgehead atoms. The molecule has 4 heteroatoms. The quantitative estimate of drug-likeness (QED) is 0.620. The molecule has 0 spiro atoms. The van der Waals surface area contributed by atoms with E-state index in [2.05, 4.69) is 42.8 Å². The van der Waals surface area contributed by atoms with E-state index < -0.39 is 0 Å². The highest BCUT2D eigenvalue weighted by Gasteiger charge is 2.42. The Morgan fingerprint density at radius 1 is 1.07 bits per heavy atom. The third kappa shape index (κ3) is 2.47. The summed E-state index contributed by atoms with van der Waals surface area (Å²) in [7, 11) is 2.12. The number of aryl methyl sites for hydroxylation is 2. The molecule has 28 heavy (non-hydrogen) atoms. The summed E-state index contributed by atoms with van der Waals surface area (Å²) in [5.74, 6) is 1.94. The molecule has 2 aromatic heterocycles. The monoisotopic (exact) mass is 374 g/mol. The Morgan fingerprint density at radius 3 is 2.64 bits per heavy atom. The Labute approximate surface area is 165 Å². The van der Waals surface area contributed by atoms with Crippen LogP contribution in [0.2, 0.25) is 0 Å². The van der Waals surface area contributed by atoms with Gasteiger partial charge in [-0.15, -0.1) is 0 Å². The molecule has 0 fully saturated rings. The second-order valence-corrected chi connectivity index (χ2v) is 8.13. The van der Waals surface area contributed by atoms with Gasteiger partial charge < -0.3 is 13.9 Å². The van der Waals surface area contributed by atoms with Gasteiger partial charge in [0.15, 0.2) is 0 Å².